The second-order valence-corrected chi connectivity index (χ2v) is 5.30. The minimum atomic E-state index is -0.320. The Kier molecular flexibility index (Phi) is 3.62. The summed E-state index contributed by atoms with van der Waals surface area (Å²) in [6.45, 7) is 1.35. The second-order valence-electron chi connectivity index (χ2n) is 4.39. The highest BCUT2D eigenvalue weighted by Gasteiger charge is 2.29. The summed E-state index contributed by atoms with van der Waals surface area (Å²) in [4.78, 5) is 0. The van der Waals surface area contributed by atoms with Gasteiger partial charge in [-0.1, -0.05) is 15.9 Å². The third kappa shape index (κ3) is 2.81. The van der Waals surface area contributed by atoms with Crippen molar-refractivity contribution in [3.05, 3.63) is 34.1 Å². The molecule has 1 fully saturated rings. The summed E-state index contributed by atoms with van der Waals surface area (Å²) in [7, 11) is 0. The Hall–Kier alpha value is -0.450. The van der Waals surface area contributed by atoms with Crippen LogP contribution in [0.2, 0.25) is 0 Å². The first-order valence-corrected chi connectivity index (χ1v) is 6.19. The second kappa shape index (κ2) is 4.82. The van der Waals surface area contributed by atoms with Crippen LogP contribution in [-0.4, -0.2) is 18.8 Å². The number of hydrogen-bond acceptors (Lipinski definition) is 2. The van der Waals surface area contributed by atoms with E-state index in [1.54, 1.807) is 12.1 Å². The topological polar surface area (TPSA) is 35.2 Å². The molecule has 2 nitrogen and oxygen atoms in total. The lowest BCUT2D eigenvalue weighted by molar-refractivity contribution is 0.0531. The molecule has 88 valence electrons. The van der Waals surface area contributed by atoms with E-state index < -0.39 is 0 Å². The van der Waals surface area contributed by atoms with Crippen LogP contribution < -0.4 is 5.73 Å². The molecule has 2 rings (SSSR count). The van der Waals surface area contributed by atoms with Crippen LogP contribution in [0.4, 0.5) is 4.39 Å². The zero-order chi connectivity index (χ0) is 11.6. The molecule has 1 aromatic carbocycles. The van der Waals surface area contributed by atoms with Gasteiger partial charge in [0.25, 0.3) is 0 Å². The van der Waals surface area contributed by atoms with Gasteiger partial charge in [-0.3, -0.25) is 0 Å². The standard InChI is InChI=1S/C12H15BrFNO/c13-10-1-2-11(14)9(7-10)8-12(15)3-5-16-6-4-12/h1-2,7H,3-6,8,15H2. The normalized spacial score (nSPS) is 19.7. The van der Waals surface area contributed by atoms with E-state index in [1.165, 1.54) is 6.07 Å². The summed E-state index contributed by atoms with van der Waals surface area (Å²) in [5.41, 5.74) is 6.61. The molecule has 1 aliphatic rings. The van der Waals surface area contributed by atoms with Crippen LogP contribution in [0.15, 0.2) is 22.7 Å². The first kappa shape index (κ1) is 12.0. The number of halogens is 2. The van der Waals surface area contributed by atoms with Gasteiger partial charge in [0.15, 0.2) is 0 Å². The number of benzene rings is 1. The van der Waals surface area contributed by atoms with Gasteiger partial charge >= 0.3 is 0 Å². The molecule has 0 spiro atoms. The molecule has 1 saturated heterocycles. The first-order chi connectivity index (χ1) is 7.59. The maximum Gasteiger partial charge on any atom is 0.126 e. The Morgan fingerprint density at radius 1 is 1.38 bits per heavy atom. The van der Waals surface area contributed by atoms with Gasteiger partial charge in [0.05, 0.1) is 0 Å². The number of hydrogen-bond donors (Lipinski definition) is 1. The van der Waals surface area contributed by atoms with Crippen molar-refractivity contribution in [2.45, 2.75) is 24.8 Å². The SMILES string of the molecule is NC1(Cc2cc(Br)ccc2F)CCOCC1. The van der Waals surface area contributed by atoms with Crippen molar-refractivity contribution in [3.63, 3.8) is 0 Å². The van der Waals surface area contributed by atoms with Gasteiger partial charge in [-0.05, 0) is 43.0 Å². The Morgan fingerprint density at radius 2 is 2.06 bits per heavy atom. The lowest BCUT2D eigenvalue weighted by atomic mass is 9.85. The summed E-state index contributed by atoms with van der Waals surface area (Å²) in [6, 6.07) is 4.98. The maximum atomic E-state index is 13.6. The zero-order valence-corrected chi connectivity index (χ0v) is 10.6. The average molecular weight is 288 g/mol. The number of nitrogens with two attached hydrogens (primary N) is 1. The van der Waals surface area contributed by atoms with Crippen LogP contribution in [0.3, 0.4) is 0 Å². The molecule has 0 radical (unpaired) electrons. The van der Waals surface area contributed by atoms with Crippen LogP contribution in [0, 0.1) is 5.82 Å². The fourth-order valence-electron chi connectivity index (χ4n) is 2.01. The quantitative estimate of drug-likeness (QED) is 0.908. The van der Waals surface area contributed by atoms with Gasteiger partial charge < -0.3 is 10.5 Å². The van der Waals surface area contributed by atoms with E-state index in [0.717, 1.165) is 17.3 Å². The van der Waals surface area contributed by atoms with Crippen LogP contribution in [0.1, 0.15) is 18.4 Å². The lowest BCUT2D eigenvalue weighted by Gasteiger charge is -2.33. The molecule has 0 aromatic heterocycles. The van der Waals surface area contributed by atoms with E-state index in [-0.39, 0.29) is 11.4 Å². The molecule has 4 heteroatoms. The Balaban J connectivity index is 2.15. The van der Waals surface area contributed by atoms with Gasteiger partial charge in [-0.25, -0.2) is 4.39 Å². The molecule has 1 aromatic rings. The molecule has 0 unspecified atom stereocenters. The van der Waals surface area contributed by atoms with Crippen molar-refractivity contribution in [2.75, 3.05) is 13.2 Å². The third-order valence-corrected chi connectivity index (χ3v) is 3.53. The fourth-order valence-corrected chi connectivity index (χ4v) is 2.42. The van der Waals surface area contributed by atoms with Crippen LogP contribution in [0.25, 0.3) is 0 Å². The molecule has 1 heterocycles. The third-order valence-electron chi connectivity index (χ3n) is 3.04. The highest BCUT2D eigenvalue weighted by molar-refractivity contribution is 9.10. The van der Waals surface area contributed by atoms with E-state index in [4.69, 9.17) is 10.5 Å². The summed E-state index contributed by atoms with van der Waals surface area (Å²) in [5.74, 6) is -0.181. The maximum absolute atomic E-state index is 13.6. The largest absolute Gasteiger partial charge is 0.381 e. The Morgan fingerprint density at radius 3 is 2.75 bits per heavy atom. The molecule has 0 atom stereocenters. The van der Waals surface area contributed by atoms with Gasteiger partial charge in [-0.15, -0.1) is 0 Å². The number of ether oxygens (including phenoxy) is 1. The molecule has 1 aliphatic heterocycles. The van der Waals surface area contributed by atoms with E-state index in [2.05, 4.69) is 15.9 Å². The predicted octanol–water partition coefficient (Wildman–Crippen LogP) is 2.64. The van der Waals surface area contributed by atoms with Crippen molar-refractivity contribution >= 4 is 15.9 Å². The van der Waals surface area contributed by atoms with Crippen molar-refractivity contribution in [2.24, 2.45) is 5.73 Å². The van der Waals surface area contributed by atoms with Gasteiger partial charge in [0, 0.05) is 23.2 Å². The first-order valence-electron chi connectivity index (χ1n) is 5.40. The molecular weight excluding hydrogens is 273 g/mol. The molecular formula is C12H15BrFNO. The van der Waals surface area contributed by atoms with E-state index in [0.29, 0.717) is 25.2 Å². The van der Waals surface area contributed by atoms with Gasteiger partial charge in [0.1, 0.15) is 5.82 Å². The number of rotatable bonds is 2. The van der Waals surface area contributed by atoms with Crippen molar-refractivity contribution in [1.29, 1.82) is 0 Å². The monoisotopic (exact) mass is 287 g/mol. The molecule has 16 heavy (non-hydrogen) atoms. The predicted molar refractivity (Wildman–Crippen MR) is 64.8 cm³/mol. The highest BCUT2D eigenvalue weighted by atomic mass is 79.9. The Bertz CT molecular complexity index is 377. The summed E-state index contributed by atoms with van der Waals surface area (Å²) in [5, 5.41) is 0. The van der Waals surface area contributed by atoms with Crippen LogP contribution >= 0.6 is 15.9 Å². The average Bonchev–Trinajstić information content (AvgIpc) is 2.24. The van der Waals surface area contributed by atoms with Crippen LogP contribution in [-0.2, 0) is 11.2 Å². The van der Waals surface area contributed by atoms with E-state index in [1.807, 2.05) is 0 Å². The molecule has 2 N–H and O–H groups in total. The zero-order valence-electron chi connectivity index (χ0n) is 9.01. The minimum Gasteiger partial charge on any atom is -0.381 e. The van der Waals surface area contributed by atoms with E-state index in [9.17, 15) is 4.39 Å². The molecule has 0 aliphatic carbocycles. The summed E-state index contributed by atoms with van der Waals surface area (Å²) < 4.78 is 19.7. The smallest absolute Gasteiger partial charge is 0.126 e. The van der Waals surface area contributed by atoms with E-state index >= 15 is 0 Å². The van der Waals surface area contributed by atoms with Crippen molar-refractivity contribution < 1.29 is 9.13 Å². The molecule has 0 saturated carbocycles. The molecule has 0 bridgehead atoms. The lowest BCUT2D eigenvalue weighted by Crippen LogP contribution is -2.47. The van der Waals surface area contributed by atoms with Crippen molar-refractivity contribution in [3.8, 4) is 0 Å². The summed E-state index contributed by atoms with van der Waals surface area (Å²) in [6.07, 6.45) is 2.15. The highest BCUT2D eigenvalue weighted by Crippen LogP contribution is 2.25. The summed E-state index contributed by atoms with van der Waals surface area (Å²) >= 11 is 3.35. The van der Waals surface area contributed by atoms with Crippen molar-refractivity contribution in [1.82, 2.24) is 0 Å². The van der Waals surface area contributed by atoms with Gasteiger partial charge in [0.2, 0.25) is 0 Å². The van der Waals surface area contributed by atoms with Crippen LogP contribution in [0.5, 0.6) is 0 Å². The minimum absolute atomic E-state index is 0.181. The van der Waals surface area contributed by atoms with Gasteiger partial charge in [-0.2, -0.15) is 0 Å². The fraction of sp³-hybridized carbons (Fsp3) is 0.500. The molecule has 0 amide bonds. The Labute approximate surface area is 103 Å².